The molecule has 0 aromatic carbocycles. The van der Waals surface area contributed by atoms with Crippen molar-refractivity contribution in [2.45, 2.75) is 39.7 Å². The van der Waals surface area contributed by atoms with Crippen LogP contribution in [-0.2, 0) is 14.8 Å². The Balaban J connectivity index is 2.43. The summed E-state index contributed by atoms with van der Waals surface area (Å²) in [6.07, 6.45) is 2.05. The van der Waals surface area contributed by atoms with Gasteiger partial charge in [-0.1, -0.05) is 20.8 Å². The third-order valence-corrected chi connectivity index (χ3v) is 4.89. The highest BCUT2D eigenvalue weighted by atomic mass is 32.2. The van der Waals surface area contributed by atoms with Gasteiger partial charge in [-0.05, 0) is 24.8 Å². The van der Waals surface area contributed by atoms with Crippen LogP contribution in [0.4, 0.5) is 0 Å². The molecule has 0 aromatic rings. The lowest BCUT2D eigenvalue weighted by atomic mass is 9.77. The maximum Gasteiger partial charge on any atom is 0.237 e. The third-order valence-electron chi connectivity index (χ3n) is 3.42. The van der Waals surface area contributed by atoms with Crippen molar-refractivity contribution in [3.63, 3.8) is 0 Å². The summed E-state index contributed by atoms with van der Waals surface area (Å²) >= 11 is 0. The van der Waals surface area contributed by atoms with E-state index < -0.39 is 10.0 Å². The van der Waals surface area contributed by atoms with Gasteiger partial charge in [0, 0.05) is 13.1 Å². The highest BCUT2D eigenvalue weighted by molar-refractivity contribution is 7.89. The van der Waals surface area contributed by atoms with Crippen molar-refractivity contribution < 1.29 is 13.2 Å². The van der Waals surface area contributed by atoms with Crippen molar-refractivity contribution in [3.05, 3.63) is 0 Å². The minimum Gasteiger partial charge on any atom is -0.354 e. The Morgan fingerprint density at radius 3 is 2.68 bits per heavy atom. The largest absolute Gasteiger partial charge is 0.354 e. The zero-order valence-corrected chi connectivity index (χ0v) is 12.8. The highest BCUT2D eigenvalue weighted by Gasteiger charge is 2.36. The van der Waals surface area contributed by atoms with Crippen molar-refractivity contribution in [2.75, 3.05) is 25.4 Å². The fourth-order valence-electron chi connectivity index (χ4n) is 2.36. The Hall–Kier alpha value is -0.660. The van der Waals surface area contributed by atoms with Crippen molar-refractivity contribution in [1.82, 2.24) is 15.4 Å². The van der Waals surface area contributed by atoms with Gasteiger partial charge in [0.25, 0.3) is 0 Å². The van der Waals surface area contributed by atoms with Gasteiger partial charge >= 0.3 is 0 Å². The number of carbonyl (C=O) groups excluding carboxylic acids is 1. The Morgan fingerprint density at radius 2 is 2.11 bits per heavy atom. The Kier molecular flexibility index (Phi) is 5.76. The first-order valence-corrected chi connectivity index (χ1v) is 8.42. The van der Waals surface area contributed by atoms with Gasteiger partial charge in [-0.25, -0.2) is 13.1 Å². The van der Waals surface area contributed by atoms with Gasteiger partial charge in [0.2, 0.25) is 15.9 Å². The summed E-state index contributed by atoms with van der Waals surface area (Å²) in [5.41, 5.74) is -0.0944. The van der Waals surface area contributed by atoms with Gasteiger partial charge in [0.05, 0.1) is 11.8 Å². The maximum absolute atomic E-state index is 12.1. The molecule has 1 rings (SSSR count). The van der Waals surface area contributed by atoms with Gasteiger partial charge in [-0.3, -0.25) is 4.79 Å². The number of hydrogen-bond acceptors (Lipinski definition) is 4. The van der Waals surface area contributed by atoms with Crippen LogP contribution >= 0.6 is 0 Å². The zero-order chi connectivity index (χ0) is 14.5. The molecule has 1 saturated heterocycles. The fourth-order valence-corrected chi connectivity index (χ4v) is 3.32. The second-order valence-electron chi connectivity index (χ2n) is 5.59. The number of amides is 1. The van der Waals surface area contributed by atoms with Gasteiger partial charge in [0.1, 0.15) is 0 Å². The van der Waals surface area contributed by atoms with Crippen LogP contribution in [-0.4, -0.2) is 45.8 Å². The first-order valence-electron chi connectivity index (χ1n) is 6.77. The van der Waals surface area contributed by atoms with Crippen LogP contribution in [0.3, 0.4) is 0 Å². The summed E-state index contributed by atoms with van der Waals surface area (Å²) in [5, 5.41) is 5.91. The van der Waals surface area contributed by atoms with Gasteiger partial charge in [-0.15, -0.1) is 0 Å². The lowest BCUT2D eigenvalue weighted by Gasteiger charge is -2.38. The lowest BCUT2D eigenvalue weighted by Crippen LogP contribution is -2.56. The van der Waals surface area contributed by atoms with E-state index in [1.54, 1.807) is 6.92 Å². The predicted octanol–water partition coefficient (Wildman–Crippen LogP) is -0.180. The van der Waals surface area contributed by atoms with E-state index in [1.807, 2.05) is 0 Å². The van der Waals surface area contributed by atoms with Crippen LogP contribution in [0, 0.1) is 5.41 Å². The minimum absolute atomic E-state index is 0.0836. The molecule has 0 spiro atoms. The minimum atomic E-state index is -3.27. The van der Waals surface area contributed by atoms with Crippen LogP contribution in [0.5, 0.6) is 0 Å². The average molecular weight is 291 g/mol. The van der Waals surface area contributed by atoms with Crippen molar-refractivity contribution in [1.29, 1.82) is 0 Å². The second-order valence-corrected chi connectivity index (χ2v) is 7.51. The Labute approximate surface area is 115 Å². The Morgan fingerprint density at radius 1 is 1.42 bits per heavy atom. The molecule has 0 aliphatic carbocycles. The van der Waals surface area contributed by atoms with E-state index in [9.17, 15) is 13.2 Å². The molecule has 7 heteroatoms. The molecule has 1 unspecified atom stereocenters. The summed E-state index contributed by atoms with van der Waals surface area (Å²) in [6.45, 7) is 7.18. The van der Waals surface area contributed by atoms with Gasteiger partial charge < -0.3 is 10.6 Å². The molecule has 6 nitrogen and oxygen atoms in total. The zero-order valence-electron chi connectivity index (χ0n) is 12.0. The smallest absolute Gasteiger partial charge is 0.237 e. The van der Waals surface area contributed by atoms with E-state index in [0.29, 0.717) is 6.54 Å². The maximum atomic E-state index is 12.1. The summed E-state index contributed by atoms with van der Waals surface area (Å²) in [5.74, 6) is -0.198. The van der Waals surface area contributed by atoms with Crippen LogP contribution in [0.25, 0.3) is 0 Å². The molecule has 19 heavy (non-hydrogen) atoms. The van der Waals surface area contributed by atoms with Crippen molar-refractivity contribution in [2.24, 2.45) is 5.41 Å². The third kappa shape index (κ3) is 5.08. The second kappa shape index (κ2) is 6.67. The molecule has 0 saturated carbocycles. The van der Waals surface area contributed by atoms with Crippen LogP contribution in [0.15, 0.2) is 0 Å². The number of nitrogens with one attached hydrogen (secondary N) is 3. The number of sulfonamides is 1. The average Bonchev–Trinajstić information content (AvgIpc) is 2.27. The number of piperidine rings is 1. The molecule has 1 fully saturated rings. The quantitative estimate of drug-likeness (QED) is 0.633. The van der Waals surface area contributed by atoms with E-state index in [4.69, 9.17) is 0 Å². The molecule has 1 aliphatic heterocycles. The molecule has 0 radical (unpaired) electrons. The van der Waals surface area contributed by atoms with Crippen molar-refractivity contribution >= 4 is 15.9 Å². The predicted molar refractivity (Wildman–Crippen MR) is 75.3 cm³/mol. The number of rotatable bonds is 6. The molecule has 1 aliphatic rings. The monoisotopic (exact) mass is 291 g/mol. The summed E-state index contributed by atoms with van der Waals surface area (Å²) in [7, 11) is -3.27. The van der Waals surface area contributed by atoms with Crippen molar-refractivity contribution in [3.8, 4) is 0 Å². The fraction of sp³-hybridized carbons (Fsp3) is 0.917. The number of hydrogen-bond donors (Lipinski definition) is 3. The van der Waals surface area contributed by atoms with E-state index in [2.05, 4.69) is 29.2 Å². The molecule has 0 aromatic heterocycles. The first-order chi connectivity index (χ1) is 8.78. The first kappa shape index (κ1) is 16.4. The number of carbonyl (C=O) groups is 1. The van der Waals surface area contributed by atoms with Gasteiger partial charge in [0.15, 0.2) is 0 Å². The molecule has 3 N–H and O–H groups in total. The SMILES string of the molecule is CCNS(=O)(=O)CCNC(=O)C1NCCCC1(C)C. The van der Waals surface area contributed by atoms with Crippen LogP contribution < -0.4 is 15.4 Å². The molecular weight excluding hydrogens is 266 g/mol. The van der Waals surface area contributed by atoms with E-state index in [0.717, 1.165) is 19.4 Å². The Bertz CT molecular complexity index is 406. The topological polar surface area (TPSA) is 87.3 Å². The van der Waals surface area contributed by atoms with E-state index >= 15 is 0 Å². The molecule has 1 atom stereocenters. The van der Waals surface area contributed by atoms with E-state index in [1.165, 1.54) is 0 Å². The lowest BCUT2D eigenvalue weighted by molar-refractivity contribution is -0.126. The van der Waals surface area contributed by atoms with Gasteiger partial charge in [-0.2, -0.15) is 0 Å². The highest BCUT2D eigenvalue weighted by Crippen LogP contribution is 2.29. The van der Waals surface area contributed by atoms with Crippen LogP contribution in [0.1, 0.15) is 33.6 Å². The van der Waals surface area contributed by atoms with E-state index in [-0.39, 0.29) is 29.7 Å². The summed E-state index contributed by atoms with van der Waals surface area (Å²) < 4.78 is 25.3. The molecule has 1 heterocycles. The summed E-state index contributed by atoms with van der Waals surface area (Å²) in [4.78, 5) is 12.1. The molecule has 1 amide bonds. The standard InChI is InChI=1S/C12H25N3O3S/c1-4-15-19(17,18)9-8-14-11(16)10-12(2,3)6-5-7-13-10/h10,13,15H,4-9H2,1-3H3,(H,14,16). The molecule has 112 valence electrons. The summed E-state index contributed by atoms with van der Waals surface area (Å²) in [6, 6.07) is -0.247. The van der Waals surface area contributed by atoms with Crippen LogP contribution in [0.2, 0.25) is 0 Å². The molecule has 0 bridgehead atoms. The normalized spacial score (nSPS) is 23.0. The molecular formula is C12H25N3O3S.